The minimum Gasteiger partial charge on any atom is -0.497 e. The van der Waals surface area contributed by atoms with Gasteiger partial charge in [0.15, 0.2) is 0 Å². The van der Waals surface area contributed by atoms with Gasteiger partial charge in [0, 0.05) is 5.69 Å². The first-order valence-electron chi connectivity index (χ1n) is 9.91. The second-order valence-corrected chi connectivity index (χ2v) is 7.60. The molecule has 1 saturated carbocycles. The summed E-state index contributed by atoms with van der Waals surface area (Å²) in [4.78, 5) is 21.3. The van der Waals surface area contributed by atoms with E-state index in [1.807, 2.05) is 24.3 Å². The summed E-state index contributed by atoms with van der Waals surface area (Å²) < 4.78 is 32.9. The number of aromatic nitrogens is 4. The van der Waals surface area contributed by atoms with Gasteiger partial charge in [0.05, 0.1) is 12.6 Å². The topological polar surface area (TPSA) is 81.4 Å². The molecule has 158 valence electrons. The number of hydrogen-bond acceptors (Lipinski definition) is 5. The van der Waals surface area contributed by atoms with Gasteiger partial charge in [-0.25, -0.2) is 13.8 Å². The molecule has 1 fully saturated rings. The normalized spacial score (nSPS) is 16.0. The maximum Gasteiger partial charge on any atom is 0.291 e. The van der Waals surface area contributed by atoms with Crippen LogP contribution in [0.3, 0.4) is 0 Å². The van der Waals surface area contributed by atoms with Crippen LogP contribution in [0.5, 0.6) is 5.75 Å². The van der Waals surface area contributed by atoms with Crippen molar-refractivity contribution in [1.29, 1.82) is 0 Å². The molecule has 0 aliphatic heterocycles. The van der Waals surface area contributed by atoms with Crippen molar-refractivity contribution in [2.45, 2.75) is 51.0 Å². The average Bonchev–Trinajstić information content (AvgIpc) is 3.18. The van der Waals surface area contributed by atoms with Crippen LogP contribution in [-0.4, -0.2) is 32.6 Å². The molecule has 3 aromatic rings. The lowest BCUT2D eigenvalue weighted by Gasteiger charge is -2.38. The fourth-order valence-electron chi connectivity index (χ4n) is 4.09. The van der Waals surface area contributed by atoms with Crippen molar-refractivity contribution >= 4 is 11.7 Å². The fourth-order valence-corrected chi connectivity index (χ4v) is 4.09. The molecule has 0 saturated heterocycles. The summed E-state index contributed by atoms with van der Waals surface area (Å²) in [5, 5.41) is 7.12. The van der Waals surface area contributed by atoms with Gasteiger partial charge < -0.3 is 10.1 Å². The Morgan fingerprint density at radius 2 is 1.87 bits per heavy atom. The van der Waals surface area contributed by atoms with E-state index < -0.39 is 17.9 Å². The highest BCUT2D eigenvalue weighted by molar-refractivity contribution is 5.91. The smallest absolute Gasteiger partial charge is 0.291 e. The molecule has 0 atom stereocenters. The van der Waals surface area contributed by atoms with Crippen LogP contribution in [0.4, 0.5) is 8.78 Å². The number of amides is 1. The van der Waals surface area contributed by atoms with Crippen LogP contribution in [-0.2, 0) is 5.54 Å². The number of rotatable bonds is 5. The van der Waals surface area contributed by atoms with E-state index in [0.29, 0.717) is 5.69 Å². The zero-order valence-electron chi connectivity index (χ0n) is 16.9. The molecule has 0 radical (unpaired) electrons. The molecule has 0 unspecified atom stereocenters. The molecular weight excluding hydrogens is 392 g/mol. The number of benzene rings is 1. The molecule has 30 heavy (non-hydrogen) atoms. The van der Waals surface area contributed by atoms with Gasteiger partial charge in [0.25, 0.3) is 18.1 Å². The van der Waals surface area contributed by atoms with E-state index >= 15 is 0 Å². The molecule has 1 aliphatic rings. The number of carbonyl (C=O) groups is 1. The summed E-state index contributed by atoms with van der Waals surface area (Å²) >= 11 is 0. The average molecular weight is 415 g/mol. The number of aryl methyl sites for hydroxylation is 1. The second kappa shape index (κ2) is 7.97. The minimum atomic E-state index is -2.75. The standard InChI is InChI=1S/C21H23F2N5O2/c1-13-12-16(17(22)23)28-20(24-13)25-18(27-28)19(29)26-21(10-4-3-5-11-21)14-6-8-15(30-2)9-7-14/h6-9,12,17H,3-5,10-11H2,1-2H3,(H,26,29). The predicted molar refractivity (Wildman–Crippen MR) is 106 cm³/mol. The molecule has 9 heteroatoms. The van der Waals surface area contributed by atoms with E-state index in [-0.39, 0.29) is 17.3 Å². The maximum atomic E-state index is 13.4. The lowest BCUT2D eigenvalue weighted by atomic mass is 9.76. The monoisotopic (exact) mass is 415 g/mol. The number of ether oxygens (including phenoxy) is 1. The van der Waals surface area contributed by atoms with Crippen LogP contribution in [0.25, 0.3) is 5.78 Å². The van der Waals surface area contributed by atoms with Gasteiger partial charge in [-0.2, -0.15) is 9.50 Å². The molecule has 7 nitrogen and oxygen atoms in total. The molecule has 1 N–H and O–H groups in total. The molecule has 2 aromatic heterocycles. The van der Waals surface area contributed by atoms with Gasteiger partial charge in [0.1, 0.15) is 11.4 Å². The summed E-state index contributed by atoms with van der Waals surface area (Å²) in [5.74, 6) is 0.0427. The lowest BCUT2D eigenvalue weighted by Crippen LogP contribution is -2.47. The molecule has 1 amide bonds. The van der Waals surface area contributed by atoms with Crippen LogP contribution in [0.15, 0.2) is 30.3 Å². The van der Waals surface area contributed by atoms with E-state index in [1.165, 1.54) is 6.07 Å². The summed E-state index contributed by atoms with van der Waals surface area (Å²) in [6.45, 7) is 1.60. The number of alkyl halides is 2. The predicted octanol–water partition coefficient (Wildman–Crippen LogP) is 3.97. The number of methoxy groups -OCH3 is 1. The van der Waals surface area contributed by atoms with E-state index in [0.717, 1.165) is 47.9 Å². The van der Waals surface area contributed by atoms with Crippen molar-refractivity contribution < 1.29 is 18.3 Å². The number of nitrogens with one attached hydrogen (secondary N) is 1. The van der Waals surface area contributed by atoms with E-state index in [4.69, 9.17) is 4.74 Å². The highest BCUT2D eigenvalue weighted by Gasteiger charge is 2.36. The van der Waals surface area contributed by atoms with E-state index in [1.54, 1.807) is 14.0 Å². The summed E-state index contributed by atoms with van der Waals surface area (Å²) in [6.07, 6.45) is 1.84. The summed E-state index contributed by atoms with van der Waals surface area (Å²) in [6, 6.07) is 8.86. The molecule has 0 spiro atoms. The van der Waals surface area contributed by atoms with E-state index in [9.17, 15) is 13.6 Å². The fraction of sp³-hybridized carbons (Fsp3) is 0.429. The lowest BCUT2D eigenvalue weighted by molar-refractivity contribution is 0.0854. The van der Waals surface area contributed by atoms with Gasteiger partial charge in [-0.1, -0.05) is 31.4 Å². The zero-order valence-corrected chi connectivity index (χ0v) is 16.9. The Hall–Kier alpha value is -3.10. The van der Waals surface area contributed by atoms with Crippen molar-refractivity contribution in [3.05, 3.63) is 53.1 Å². The van der Waals surface area contributed by atoms with Crippen molar-refractivity contribution in [2.75, 3.05) is 7.11 Å². The Morgan fingerprint density at radius 1 is 1.17 bits per heavy atom. The number of fused-ring (bicyclic) bond motifs is 1. The van der Waals surface area contributed by atoms with Crippen LogP contribution in [0, 0.1) is 6.92 Å². The molecule has 1 aromatic carbocycles. The van der Waals surface area contributed by atoms with Crippen molar-refractivity contribution in [1.82, 2.24) is 24.9 Å². The summed E-state index contributed by atoms with van der Waals surface area (Å²) in [5.41, 5.74) is 0.460. The van der Waals surface area contributed by atoms with Crippen LogP contribution >= 0.6 is 0 Å². The van der Waals surface area contributed by atoms with Gasteiger partial charge >= 0.3 is 0 Å². The SMILES string of the molecule is COc1ccc(C2(NC(=O)c3nc4nc(C)cc(C(F)F)n4n3)CCCCC2)cc1. The number of nitrogens with zero attached hydrogens (tertiary/aromatic N) is 4. The first kappa shape index (κ1) is 20.2. The summed E-state index contributed by atoms with van der Waals surface area (Å²) in [7, 11) is 1.60. The number of carbonyl (C=O) groups excluding carboxylic acids is 1. The van der Waals surface area contributed by atoms with Crippen molar-refractivity contribution in [3.8, 4) is 5.75 Å². The molecule has 0 bridgehead atoms. The first-order valence-corrected chi connectivity index (χ1v) is 9.91. The minimum absolute atomic E-state index is 0.0161. The van der Waals surface area contributed by atoms with Crippen molar-refractivity contribution in [3.63, 3.8) is 0 Å². The zero-order chi connectivity index (χ0) is 21.3. The third-order valence-electron chi connectivity index (χ3n) is 5.60. The molecule has 4 rings (SSSR count). The third-order valence-corrected chi connectivity index (χ3v) is 5.60. The third kappa shape index (κ3) is 3.71. The molecule has 1 aliphatic carbocycles. The Morgan fingerprint density at radius 3 is 2.50 bits per heavy atom. The van der Waals surface area contributed by atoms with Gasteiger partial charge in [-0.3, -0.25) is 4.79 Å². The Labute approximate surface area is 172 Å². The highest BCUT2D eigenvalue weighted by Crippen LogP contribution is 2.38. The largest absolute Gasteiger partial charge is 0.497 e. The first-order chi connectivity index (χ1) is 14.4. The van der Waals surface area contributed by atoms with Gasteiger partial charge in [0.2, 0.25) is 5.82 Å². The second-order valence-electron chi connectivity index (χ2n) is 7.60. The number of halogens is 2. The maximum absolute atomic E-state index is 13.4. The van der Waals surface area contributed by atoms with Gasteiger partial charge in [-0.05, 0) is 43.5 Å². The van der Waals surface area contributed by atoms with Gasteiger partial charge in [-0.15, -0.1) is 5.10 Å². The van der Waals surface area contributed by atoms with Crippen LogP contribution in [0.2, 0.25) is 0 Å². The number of hydrogen-bond donors (Lipinski definition) is 1. The van der Waals surface area contributed by atoms with E-state index in [2.05, 4.69) is 20.4 Å². The quantitative estimate of drug-likeness (QED) is 0.682. The Kier molecular flexibility index (Phi) is 5.36. The Balaban J connectivity index is 1.68. The van der Waals surface area contributed by atoms with Crippen LogP contribution < -0.4 is 10.1 Å². The molecular formula is C21H23F2N5O2. The van der Waals surface area contributed by atoms with Crippen molar-refractivity contribution in [2.24, 2.45) is 0 Å². The molecule has 2 heterocycles. The van der Waals surface area contributed by atoms with Crippen LogP contribution in [0.1, 0.15) is 66.1 Å². The highest BCUT2D eigenvalue weighted by atomic mass is 19.3. The Bertz CT molecular complexity index is 1060.